The van der Waals surface area contributed by atoms with Gasteiger partial charge in [-0.1, -0.05) is 30.1 Å². The summed E-state index contributed by atoms with van der Waals surface area (Å²) in [4.78, 5) is 12.8. The zero-order chi connectivity index (χ0) is 22.7. The smallest absolute Gasteiger partial charge is 0.406 e. The van der Waals surface area contributed by atoms with Crippen LogP contribution in [0, 0.1) is 0 Å². The number of benzene rings is 2. The highest BCUT2D eigenvalue weighted by atomic mass is 35.5. The van der Waals surface area contributed by atoms with Gasteiger partial charge in [-0.15, -0.1) is 13.2 Å². The molecule has 6 nitrogen and oxygen atoms in total. The van der Waals surface area contributed by atoms with Crippen LogP contribution in [0.5, 0.6) is 5.75 Å². The van der Waals surface area contributed by atoms with Gasteiger partial charge in [0.2, 0.25) is 15.9 Å². The lowest BCUT2D eigenvalue weighted by atomic mass is 10.1. The van der Waals surface area contributed by atoms with E-state index in [-0.39, 0.29) is 27.8 Å². The average Bonchev–Trinajstić information content (AvgIpc) is 2.61. The Balaban J connectivity index is 2.28. The Kier molecular flexibility index (Phi) is 7.49. The lowest BCUT2D eigenvalue weighted by Crippen LogP contribution is -2.47. The van der Waals surface area contributed by atoms with Crippen LogP contribution in [0.2, 0.25) is 10.0 Å². The van der Waals surface area contributed by atoms with Crippen LogP contribution in [0.15, 0.2) is 42.5 Å². The zero-order valence-electron chi connectivity index (χ0n) is 15.7. The number of sulfonamides is 1. The van der Waals surface area contributed by atoms with Gasteiger partial charge >= 0.3 is 6.36 Å². The van der Waals surface area contributed by atoms with E-state index in [4.69, 9.17) is 23.2 Å². The summed E-state index contributed by atoms with van der Waals surface area (Å²) in [5, 5.41) is 2.82. The van der Waals surface area contributed by atoms with Gasteiger partial charge in [0, 0.05) is 5.69 Å². The third-order valence-electron chi connectivity index (χ3n) is 3.84. The van der Waals surface area contributed by atoms with Crippen LogP contribution >= 0.6 is 23.2 Å². The van der Waals surface area contributed by atoms with Crippen molar-refractivity contribution in [3.63, 3.8) is 0 Å². The average molecular weight is 485 g/mol. The van der Waals surface area contributed by atoms with E-state index in [1.54, 1.807) is 6.92 Å². The van der Waals surface area contributed by atoms with E-state index in [0.717, 1.165) is 22.7 Å². The maximum absolute atomic E-state index is 12.8. The number of hydrogen-bond donors (Lipinski definition) is 1. The van der Waals surface area contributed by atoms with E-state index < -0.39 is 34.1 Å². The molecule has 0 spiro atoms. The molecule has 0 aliphatic carbocycles. The fourth-order valence-corrected chi connectivity index (χ4v) is 4.14. The van der Waals surface area contributed by atoms with Crippen molar-refractivity contribution >= 4 is 50.5 Å². The molecule has 0 aliphatic heterocycles. The summed E-state index contributed by atoms with van der Waals surface area (Å²) in [7, 11) is -3.90. The number of hydrogen-bond acceptors (Lipinski definition) is 4. The van der Waals surface area contributed by atoms with Gasteiger partial charge in [0.25, 0.3) is 0 Å². The summed E-state index contributed by atoms with van der Waals surface area (Å²) in [6.07, 6.45) is -3.79. The highest BCUT2D eigenvalue weighted by molar-refractivity contribution is 7.92. The van der Waals surface area contributed by atoms with Crippen LogP contribution in [0.3, 0.4) is 0 Å². The van der Waals surface area contributed by atoms with E-state index in [0.29, 0.717) is 0 Å². The second-order valence-corrected chi connectivity index (χ2v) is 8.82. The number of anilines is 2. The monoisotopic (exact) mass is 484 g/mol. The maximum Gasteiger partial charge on any atom is 0.573 e. The Morgan fingerprint density at radius 1 is 1.13 bits per heavy atom. The standard InChI is InChI=1S/C18H17Cl2F3N2O4S/c1-3-16(25(30(2,27)28)12-6-9-14(19)15(20)10-12)17(26)24-11-4-7-13(8-5-11)29-18(21,22)23/h4-10,16H,3H2,1-2H3,(H,24,26)/t16-/m0/s1. The molecular formula is C18H17Cl2F3N2O4S. The number of rotatable bonds is 7. The summed E-state index contributed by atoms with van der Waals surface area (Å²) >= 11 is 11.9. The Labute approximate surface area is 181 Å². The highest BCUT2D eigenvalue weighted by Gasteiger charge is 2.33. The van der Waals surface area contributed by atoms with Crippen molar-refractivity contribution in [2.24, 2.45) is 0 Å². The van der Waals surface area contributed by atoms with Gasteiger partial charge in [0.05, 0.1) is 22.0 Å². The lowest BCUT2D eigenvalue weighted by Gasteiger charge is -2.30. The Morgan fingerprint density at radius 2 is 1.73 bits per heavy atom. The molecule has 0 fully saturated rings. The summed E-state index contributed by atoms with van der Waals surface area (Å²) < 4.78 is 66.2. The molecule has 164 valence electrons. The first-order chi connectivity index (χ1) is 13.8. The molecular weight excluding hydrogens is 468 g/mol. The quantitative estimate of drug-likeness (QED) is 0.594. The van der Waals surface area contributed by atoms with Crippen molar-refractivity contribution in [1.82, 2.24) is 0 Å². The normalized spacial score (nSPS) is 12.9. The molecule has 0 aromatic heterocycles. The number of nitrogens with one attached hydrogen (secondary N) is 1. The van der Waals surface area contributed by atoms with Crippen molar-refractivity contribution < 1.29 is 31.1 Å². The number of ether oxygens (including phenoxy) is 1. The van der Waals surface area contributed by atoms with Crippen molar-refractivity contribution in [1.29, 1.82) is 0 Å². The predicted molar refractivity (Wildman–Crippen MR) is 110 cm³/mol. The van der Waals surface area contributed by atoms with Crippen LogP contribution in [0.4, 0.5) is 24.5 Å². The topological polar surface area (TPSA) is 75.7 Å². The molecule has 1 N–H and O–H groups in total. The molecule has 0 bridgehead atoms. The molecule has 0 radical (unpaired) electrons. The minimum absolute atomic E-state index is 0.106. The van der Waals surface area contributed by atoms with Crippen LogP contribution in [-0.4, -0.2) is 33.0 Å². The van der Waals surface area contributed by atoms with Crippen molar-refractivity contribution in [2.75, 3.05) is 15.9 Å². The fraction of sp³-hybridized carbons (Fsp3) is 0.278. The van der Waals surface area contributed by atoms with E-state index in [9.17, 15) is 26.4 Å². The summed E-state index contributed by atoms with van der Waals surface area (Å²) in [6, 6.07) is 7.45. The van der Waals surface area contributed by atoms with Crippen molar-refractivity contribution in [3.8, 4) is 5.75 Å². The summed E-state index contributed by atoms with van der Waals surface area (Å²) in [5.74, 6) is -1.14. The van der Waals surface area contributed by atoms with Gasteiger partial charge in [0.1, 0.15) is 11.8 Å². The molecule has 12 heteroatoms. The molecule has 0 aliphatic rings. The minimum Gasteiger partial charge on any atom is -0.406 e. The fourth-order valence-electron chi connectivity index (χ4n) is 2.65. The molecule has 2 aromatic carbocycles. The molecule has 0 saturated heterocycles. The number of nitrogens with zero attached hydrogens (tertiary/aromatic N) is 1. The van der Waals surface area contributed by atoms with Gasteiger partial charge in [0.15, 0.2) is 0 Å². The zero-order valence-corrected chi connectivity index (χ0v) is 18.0. The first-order valence-electron chi connectivity index (χ1n) is 8.43. The second-order valence-electron chi connectivity index (χ2n) is 6.14. The summed E-state index contributed by atoms with van der Waals surface area (Å²) in [6.45, 7) is 1.61. The number of amides is 1. The highest BCUT2D eigenvalue weighted by Crippen LogP contribution is 2.31. The van der Waals surface area contributed by atoms with Gasteiger partial charge in [-0.3, -0.25) is 9.10 Å². The molecule has 0 saturated carbocycles. The number of halogens is 5. The second kappa shape index (κ2) is 9.32. The van der Waals surface area contributed by atoms with E-state index in [1.165, 1.54) is 30.3 Å². The molecule has 1 atom stereocenters. The first-order valence-corrected chi connectivity index (χ1v) is 11.0. The van der Waals surface area contributed by atoms with Crippen LogP contribution in [0.25, 0.3) is 0 Å². The van der Waals surface area contributed by atoms with Crippen LogP contribution in [0.1, 0.15) is 13.3 Å². The van der Waals surface area contributed by atoms with E-state index in [1.807, 2.05) is 0 Å². The minimum atomic E-state index is -4.84. The lowest BCUT2D eigenvalue weighted by molar-refractivity contribution is -0.274. The van der Waals surface area contributed by atoms with E-state index in [2.05, 4.69) is 10.1 Å². The predicted octanol–water partition coefficient (Wildman–Crippen LogP) is 5.08. The van der Waals surface area contributed by atoms with Gasteiger partial charge in [-0.25, -0.2) is 8.42 Å². The molecule has 1 amide bonds. The number of carbonyl (C=O) groups excluding carboxylic acids is 1. The molecule has 2 rings (SSSR count). The molecule has 0 unspecified atom stereocenters. The molecule has 2 aromatic rings. The number of alkyl halides is 3. The Morgan fingerprint density at radius 3 is 2.20 bits per heavy atom. The summed E-state index contributed by atoms with van der Waals surface area (Å²) in [5.41, 5.74) is 0.304. The van der Waals surface area contributed by atoms with E-state index >= 15 is 0 Å². The molecule has 30 heavy (non-hydrogen) atoms. The van der Waals surface area contributed by atoms with Crippen LogP contribution in [-0.2, 0) is 14.8 Å². The van der Waals surface area contributed by atoms with Gasteiger partial charge in [-0.05, 0) is 48.9 Å². The Bertz CT molecular complexity index is 1020. The Hall–Kier alpha value is -2.17. The third-order valence-corrected chi connectivity index (χ3v) is 5.76. The van der Waals surface area contributed by atoms with Gasteiger partial charge in [-0.2, -0.15) is 0 Å². The third kappa shape index (κ3) is 6.41. The SMILES string of the molecule is CC[C@@H](C(=O)Nc1ccc(OC(F)(F)F)cc1)N(c1ccc(Cl)c(Cl)c1)S(C)(=O)=O. The molecule has 0 heterocycles. The number of carbonyl (C=O) groups is 1. The van der Waals surface area contributed by atoms with Crippen LogP contribution < -0.4 is 14.4 Å². The van der Waals surface area contributed by atoms with Gasteiger partial charge < -0.3 is 10.1 Å². The first kappa shape index (κ1) is 24.1. The largest absolute Gasteiger partial charge is 0.573 e. The van der Waals surface area contributed by atoms with Crippen molar-refractivity contribution in [2.45, 2.75) is 25.7 Å². The maximum atomic E-state index is 12.8. The van der Waals surface area contributed by atoms with Crippen molar-refractivity contribution in [3.05, 3.63) is 52.5 Å².